The molecule has 0 aliphatic carbocycles. The molecule has 1 fully saturated rings. The molecule has 7 heteroatoms. The highest BCUT2D eigenvalue weighted by Gasteiger charge is 2.16. The summed E-state index contributed by atoms with van der Waals surface area (Å²) in [6.07, 6.45) is 3.63. The van der Waals surface area contributed by atoms with E-state index in [1.165, 1.54) is 0 Å². The number of para-hydroxylation sites is 1. The predicted molar refractivity (Wildman–Crippen MR) is 102 cm³/mol. The molecular formula is C18H28N6O. The van der Waals surface area contributed by atoms with Crippen LogP contribution in [0.15, 0.2) is 41.7 Å². The van der Waals surface area contributed by atoms with Crippen LogP contribution in [0.2, 0.25) is 0 Å². The van der Waals surface area contributed by atoms with E-state index in [4.69, 9.17) is 16.9 Å². The molecule has 25 heavy (non-hydrogen) atoms. The van der Waals surface area contributed by atoms with Crippen molar-refractivity contribution in [3.05, 3.63) is 47.3 Å². The number of phenols is 1. The number of hydrogen-bond acceptors (Lipinski definition) is 6. The molecule has 0 amide bonds. The maximum absolute atomic E-state index is 10.00. The molecule has 1 aliphatic heterocycles. The highest BCUT2D eigenvalue weighted by atomic mass is 16.3. The van der Waals surface area contributed by atoms with Crippen LogP contribution in [0.4, 0.5) is 0 Å². The molecule has 1 aliphatic rings. The third-order valence-corrected chi connectivity index (χ3v) is 4.13. The SMILES string of the molecule is CCNC(=N)/C(N)=C(/C=C(\N)c1ccccc1O)NC1CCNCC1. The van der Waals surface area contributed by atoms with Gasteiger partial charge in [0.15, 0.2) is 0 Å². The van der Waals surface area contributed by atoms with Crippen molar-refractivity contribution in [3.63, 3.8) is 0 Å². The molecule has 1 aromatic rings. The highest BCUT2D eigenvalue weighted by Crippen LogP contribution is 2.22. The summed E-state index contributed by atoms with van der Waals surface area (Å²) in [7, 11) is 0. The third-order valence-electron chi connectivity index (χ3n) is 4.13. The van der Waals surface area contributed by atoms with Gasteiger partial charge in [-0.25, -0.2) is 0 Å². The number of nitrogens with two attached hydrogens (primary N) is 2. The Bertz CT molecular complexity index is 661. The van der Waals surface area contributed by atoms with Gasteiger partial charge in [0, 0.05) is 23.8 Å². The molecule has 0 atom stereocenters. The van der Waals surface area contributed by atoms with Gasteiger partial charge in [0.1, 0.15) is 11.6 Å². The van der Waals surface area contributed by atoms with Gasteiger partial charge in [-0.3, -0.25) is 5.41 Å². The quantitative estimate of drug-likeness (QED) is 0.232. The summed E-state index contributed by atoms with van der Waals surface area (Å²) >= 11 is 0. The fourth-order valence-electron chi connectivity index (χ4n) is 2.74. The van der Waals surface area contributed by atoms with Crippen molar-refractivity contribution in [1.82, 2.24) is 16.0 Å². The van der Waals surface area contributed by atoms with Crippen LogP contribution in [0.1, 0.15) is 25.3 Å². The minimum Gasteiger partial charge on any atom is -0.507 e. The fraction of sp³-hybridized carbons (Fsp3) is 0.389. The highest BCUT2D eigenvalue weighted by molar-refractivity contribution is 5.96. The summed E-state index contributed by atoms with van der Waals surface area (Å²) in [4.78, 5) is 0. The lowest BCUT2D eigenvalue weighted by Crippen LogP contribution is -2.41. The van der Waals surface area contributed by atoms with Gasteiger partial charge in [-0.2, -0.15) is 0 Å². The first-order valence-corrected chi connectivity index (χ1v) is 8.58. The Labute approximate surface area is 148 Å². The van der Waals surface area contributed by atoms with Crippen LogP contribution in [-0.4, -0.2) is 36.6 Å². The van der Waals surface area contributed by atoms with Crippen LogP contribution in [0.3, 0.4) is 0 Å². The van der Waals surface area contributed by atoms with Gasteiger partial charge in [0.05, 0.1) is 11.4 Å². The first-order chi connectivity index (χ1) is 12.0. The third kappa shape index (κ3) is 5.15. The van der Waals surface area contributed by atoms with Crippen LogP contribution in [0.25, 0.3) is 5.70 Å². The van der Waals surface area contributed by atoms with Crippen molar-refractivity contribution >= 4 is 11.5 Å². The molecule has 1 heterocycles. The molecular weight excluding hydrogens is 316 g/mol. The van der Waals surface area contributed by atoms with Crippen molar-refractivity contribution < 1.29 is 5.11 Å². The Morgan fingerprint density at radius 1 is 1.32 bits per heavy atom. The summed E-state index contributed by atoms with van der Waals surface area (Å²) in [5, 5.41) is 27.7. The monoisotopic (exact) mass is 344 g/mol. The Morgan fingerprint density at radius 2 is 2.00 bits per heavy atom. The number of amidine groups is 1. The van der Waals surface area contributed by atoms with Crippen LogP contribution >= 0.6 is 0 Å². The van der Waals surface area contributed by atoms with Crippen molar-refractivity contribution in [2.45, 2.75) is 25.8 Å². The largest absolute Gasteiger partial charge is 0.507 e. The van der Waals surface area contributed by atoms with Crippen molar-refractivity contribution in [3.8, 4) is 5.75 Å². The molecule has 2 rings (SSSR count). The molecule has 0 unspecified atom stereocenters. The first kappa shape index (κ1) is 18.7. The number of allylic oxidation sites excluding steroid dienone is 1. The zero-order chi connectivity index (χ0) is 18.2. The Hall–Kier alpha value is -2.67. The molecule has 0 spiro atoms. The van der Waals surface area contributed by atoms with E-state index >= 15 is 0 Å². The normalized spacial score (nSPS) is 16.9. The van der Waals surface area contributed by atoms with Crippen molar-refractivity contribution in [1.29, 1.82) is 5.41 Å². The maximum Gasteiger partial charge on any atom is 0.143 e. The maximum atomic E-state index is 10.00. The average molecular weight is 344 g/mol. The van der Waals surface area contributed by atoms with Crippen LogP contribution in [0.5, 0.6) is 5.75 Å². The molecule has 7 nitrogen and oxygen atoms in total. The minimum atomic E-state index is 0.109. The van der Waals surface area contributed by atoms with Gasteiger partial charge in [-0.05, 0) is 51.1 Å². The van der Waals surface area contributed by atoms with E-state index in [0.717, 1.165) is 25.9 Å². The molecule has 1 aromatic carbocycles. The van der Waals surface area contributed by atoms with Crippen molar-refractivity contribution in [2.24, 2.45) is 11.5 Å². The average Bonchev–Trinajstić information content (AvgIpc) is 2.62. The standard InChI is InChI=1S/C18H28N6O/c1-2-23-18(21)17(20)15(24-12-7-9-22-10-8-12)11-14(19)13-5-3-4-6-16(13)25/h3-6,11-12,22,24-25H,2,7-10,19-20H2,1H3,(H2,21,23)/b14-11-,17-15+. The number of nitrogens with one attached hydrogen (secondary N) is 4. The summed E-state index contributed by atoms with van der Waals surface area (Å²) < 4.78 is 0. The topological polar surface area (TPSA) is 132 Å². The molecule has 9 N–H and O–H groups in total. The Balaban J connectivity index is 2.33. The van der Waals surface area contributed by atoms with Crippen molar-refractivity contribution in [2.75, 3.05) is 19.6 Å². The lowest BCUT2D eigenvalue weighted by Gasteiger charge is -2.26. The van der Waals surface area contributed by atoms with E-state index in [9.17, 15) is 5.11 Å². The van der Waals surface area contributed by atoms with E-state index in [1.54, 1.807) is 24.3 Å². The van der Waals surface area contributed by atoms with Gasteiger partial charge in [-0.15, -0.1) is 0 Å². The van der Waals surface area contributed by atoms with E-state index < -0.39 is 0 Å². The smallest absolute Gasteiger partial charge is 0.143 e. The summed E-state index contributed by atoms with van der Waals surface area (Å²) in [5.74, 6) is 0.262. The Kier molecular flexibility index (Phi) is 6.71. The zero-order valence-electron chi connectivity index (χ0n) is 14.6. The van der Waals surface area contributed by atoms with Gasteiger partial charge < -0.3 is 32.5 Å². The number of hydrogen-bond donors (Lipinski definition) is 7. The second-order valence-electron chi connectivity index (χ2n) is 6.02. The summed E-state index contributed by atoms with van der Waals surface area (Å²) in [6.45, 7) is 4.40. The van der Waals surface area contributed by atoms with E-state index in [-0.39, 0.29) is 17.6 Å². The lowest BCUT2D eigenvalue weighted by molar-refractivity contribution is 0.414. The number of likely N-dealkylation sites (N-methyl/N-ethyl adjacent to an activating group) is 1. The van der Waals surface area contributed by atoms with Gasteiger partial charge in [0.25, 0.3) is 0 Å². The van der Waals surface area contributed by atoms with Gasteiger partial charge in [0.2, 0.25) is 0 Å². The number of piperidine rings is 1. The molecule has 1 saturated heterocycles. The second-order valence-corrected chi connectivity index (χ2v) is 6.02. The van der Waals surface area contributed by atoms with E-state index in [2.05, 4.69) is 16.0 Å². The molecule has 0 bridgehead atoms. The lowest BCUT2D eigenvalue weighted by atomic mass is 10.0. The number of aromatic hydroxyl groups is 1. The molecule has 136 valence electrons. The Morgan fingerprint density at radius 3 is 2.64 bits per heavy atom. The van der Waals surface area contributed by atoms with E-state index in [0.29, 0.717) is 29.2 Å². The molecule has 0 saturated carbocycles. The molecule has 0 aromatic heterocycles. The second kappa shape index (κ2) is 8.98. The number of benzene rings is 1. The number of rotatable bonds is 6. The minimum absolute atomic E-state index is 0.109. The van der Waals surface area contributed by atoms with Crippen LogP contribution in [-0.2, 0) is 0 Å². The summed E-state index contributed by atoms with van der Waals surface area (Å²) in [6, 6.07) is 7.14. The van der Waals surface area contributed by atoms with Crippen LogP contribution < -0.4 is 27.4 Å². The van der Waals surface area contributed by atoms with Gasteiger partial charge in [-0.1, -0.05) is 12.1 Å². The van der Waals surface area contributed by atoms with Crippen LogP contribution in [0, 0.1) is 5.41 Å². The number of phenolic OH excluding ortho intramolecular Hbond substituents is 1. The summed E-state index contributed by atoms with van der Waals surface area (Å²) in [5.41, 5.74) is 14.2. The zero-order valence-corrected chi connectivity index (χ0v) is 14.6. The first-order valence-electron chi connectivity index (χ1n) is 8.58. The predicted octanol–water partition coefficient (Wildman–Crippen LogP) is 0.790. The van der Waals surface area contributed by atoms with Gasteiger partial charge >= 0.3 is 0 Å². The molecule has 0 radical (unpaired) electrons. The van der Waals surface area contributed by atoms with E-state index in [1.807, 2.05) is 13.0 Å². The fourth-order valence-corrected chi connectivity index (χ4v) is 2.74.